The highest BCUT2D eigenvalue weighted by Gasteiger charge is 2.09. The number of carbonyl (C=O) groups is 1. The smallest absolute Gasteiger partial charge is 0.411 e. The minimum Gasteiger partial charge on any atom is -0.444 e. The molecule has 7 heteroatoms. The molecule has 2 aromatic carbocycles. The Morgan fingerprint density at radius 2 is 1.82 bits per heavy atom. The number of carbonyl (C=O) groups excluding carboxylic acids is 1. The monoisotopic (exact) mass is 357 g/mol. The number of halogens is 2. The van der Waals surface area contributed by atoms with Crippen LogP contribution in [0.1, 0.15) is 5.56 Å². The second kappa shape index (κ2) is 7.63. The zero-order valence-electron chi connectivity index (χ0n) is 11.6. The Hall–Kier alpha value is -1.56. The lowest BCUT2D eigenvalue weighted by atomic mass is 10.2. The molecule has 1 unspecified atom stereocenters. The molecule has 0 aliphatic heterocycles. The summed E-state index contributed by atoms with van der Waals surface area (Å²) < 4.78 is 16.7. The van der Waals surface area contributed by atoms with Crippen molar-refractivity contribution in [1.82, 2.24) is 0 Å². The Bertz CT molecular complexity index is 701. The Balaban J connectivity index is 2.00. The van der Waals surface area contributed by atoms with E-state index in [4.69, 9.17) is 27.9 Å². The van der Waals surface area contributed by atoms with Crippen LogP contribution >= 0.6 is 23.2 Å². The van der Waals surface area contributed by atoms with Crippen LogP contribution in [0.5, 0.6) is 0 Å². The summed E-state index contributed by atoms with van der Waals surface area (Å²) in [6.07, 6.45) is 0.933. The highest BCUT2D eigenvalue weighted by atomic mass is 35.5. The van der Waals surface area contributed by atoms with Gasteiger partial charge in [0.25, 0.3) is 0 Å². The van der Waals surface area contributed by atoms with Gasteiger partial charge in [0.1, 0.15) is 6.61 Å². The van der Waals surface area contributed by atoms with Crippen molar-refractivity contribution in [2.45, 2.75) is 11.5 Å². The fourth-order valence-electron chi connectivity index (χ4n) is 1.83. The maximum atomic E-state index is 11.8. The fourth-order valence-corrected chi connectivity index (χ4v) is 3.12. The first kappa shape index (κ1) is 16.8. The molecule has 1 atom stereocenters. The minimum atomic E-state index is -1.15. The molecular weight excluding hydrogens is 345 g/mol. The zero-order chi connectivity index (χ0) is 16.1. The van der Waals surface area contributed by atoms with Crippen LogP contribution in [0.25, 0.3) is 0 Å². The maximum Gasteiger partial charge on any atom is 0.411 e. The molecule has 0 aliphatic carbocycles. The van der Waals surface area contributed by atoms with Crippen molar-refractivity contribution in [3.05, 3.63) is 58.1 Å². The Morgan fingerprint density at radius 1 is 1.18 bits per heavy atom. The lowest BCUT2D eigenvalue weighted by molar-refractivity contribution is 0.154. The lowest BCUT2D eigenvalue weighted by Crippen LogP contribution is -2.14. The zero-order valence-corrected chi connectivity index (χ0v) is 14.0. The van der Waals surface area contributed by atoms with Gasteiger partial charge in [-0.2, -0.15) is 0 Å². The second-order valence-corrected chi connectivity index (χ2v) is 6.64. The standard InChI is InChI=1S/C15H13Cl2NO3S/c1-22(20)14-5-3-2-4-10(14)9-21-15(19)18-13-7-11(16)6-12(17)8-13/h2-8H,9H2,1H3,(H,18,19). The van der Waals surface area contributed by atoms with Crippen LogP contribution in [0, 0.1) is 0 Å². The van der Waals surface area contributed by atoms with E-state index in [1.54, 1.807) is 48.7 Å². The first-order valence-corrected chi connectivity index (χ1v) is 8.58. The van der Waals surface area contributed by atoms with Crippen LogP contribution < -0.4 is 5.32 Å². The van der Waals surface area contributed by atoms with Gasteiger partial charge in [-0.05, 0) is 24.3 Å². The molecule has 0 bridgehead atoms. The van der Waals surface area contributed by atoms with Crippen molar-refractivity contribution in [2.24, 2.45) is 0 Å². The van der Waals surface area contributed by atoms with Crippen molar-refractivity contribution in [2.75, 3.05) is 11.6 Å². The van der Waals surface area contributed by atoms with E-state index in [0.717, 1.165) is 0 Å². The number of ether oxygens (including phenoxy) is 1. The van der Waals surface area contributed by atoms with Crippen LogP contribution in [0.3, 0.4) is 0 Å². The molecule has 0 aliphatic rings. The van der Waals surface area contributed by atoms with Gasteiger partial charge in [0.15, 0.2) is 0 Å². The van der Waals surface area contributed by atoms with Crippen molar-refractivity contribution >= 4 is 45.8 Å². The molecule has 22 heavy (non-hydrogen) atoms. The first-order chi connectivity index (χ1) is 10.5. The minimum absolute atomic E-state index is 0.0237. The van der Waals surface area contributed by atoms with E-state index < -0.39 is 16.9 Å². The molecule has 0 heterocycles. The van der Waals surface area contributed by atoms with Gasteiger partial charge < -0.3 is 4.74 Å². The van der Waals surface area contributed by atoms with Gasteiger partial charge in [-0.15, -0.1) is 0 Å². The van der Waals surface area contributed by atoms with E-state index in [2.05, 4.69) is 5.32 Å². The van der Waals surface area contributed by atoms with E-state index in [1.807, 2.05) is 0 Å². The summed E-state index contributed by atoms with van der Waals surface area (Å²) in [6, 6.07) is 11.8. The largest absolute Gasteiger partial charge is 0.444 e. The number of nitrogens with one attached hydrogen (secondary N) is 1. The highest BCUT2D eigenvalue weighted by Crippen LogP contribution is 2.22. The van der Waals surface area contributed by atoms with Gasteiger partial charge in [-0.1, -0.05) is 41.4 Å². The number of anilines is 1. The van der Waals surface area contributed by atoms with Gasteiger partial charge in [0, 0.05) is 32.4 Å². The molecule has 2 rings (SSSR count). The Kier molecular flexibility index (Phi) is 5.83. The fraction of sp³-hybridized carbons (Fsp3) is 0.133. The number of benzene rings is 2. The van der Waals surface area contributed by atoms with Gasteiger partial charge in [-0.3, -0.25) is 9.53 Å². The third-order valence-corrected chi connectivity index (χ3v) is 4.20. The summed E-state index contributed by atoms with van der Waals surface area (Å²) in [5.41, 5.74) is 1.14. The third-order valence-electron chi connectivity index (χ3n) is 2.75. The van der Waals surface area contributed by atoms with Crippen LogP contribution in [0.4, 0.5) is 10.5 Å². The number of hydrogen-bond acceptors (Lipinski definition) is 3. The third kappa shape index (κ3) is 4.73. The molecular formula is C15H13Cl2NO3S. The highest BCUT2D eigenvalue weighted by molar-refractivity contribution is 7.84. The van der Waals surface area contributed by atoms with Gasteiger partial charge in [0.2, 0.25) is 0 Å². The lowest BCUT2D eigenvalue weighted by Gasteiger charge is -2.10. The van der Waals surface area contributed by atoms with Crippen molar-refractivity contribution in [1.29, 1.82) is 0 Å². The van der Waals surface area contributed by atoms with Crippen LogP contribution in [0.15, 0.2) is 47.4 Å². The summed E-state index contributed by atoms with van der Waals surface area (Å²) >= 11 is 11.7. The van der Waals surface area contributed by atoms with Crippen LogP contribution in [0.2, 0.25) is 10.0 Å². The molecule has 0 saturated carbocycles. The number of hydrogen-bond donors (Lipinski definition) is 1. The van der Waals surface area contributed by atoms with E-state index in [0.29, 0.717) is 26.2 Å². The summed E-state index contributed by atoms with van der Waals surface area (Å²) in [4.78, 5) is 12.4. The Morgan fingerprint density at radius 3 is 2.45 bits per heavy atom. The quantitative estimate of drug-likeness (QED) is 0.877. The van der Waals surface area contributed by atoms with Gasteiger partial charge in [0.05, 0.1) is 10.8 Å². The molecule has 0 radical (unpaired) electrons. The molecule has 0 aromatic heterocycles. The molecule has 1 amide bonds. The normalized spacial score (nSPS) is 11.8. The van der Waals surface area contributed by atoms with Gasteiger partial charge >= 0.3 is 6.09 Å². The number of amides is 1. The van der Waals surface area contributed by atoms with E-state index in [9.17, 15) is 9.00 Å². The van der Waals surface area contributed by atoms with Crippen LogP contribution in [-0.2, 0) is 22.1 Å². The average Bonchev–Trinajstić information content (AvgIpc) is 2.44. The predicted octanol–water partition coefficient (Wildman–Crippen LogP) is 4.48. The summed E-state index contributed by atoms with van der Waals surface area (Å²) in [6.45, 7) is 0.0237. The van der Waals surface area contributed by atoms with Crippen molar-refractivity contribution in [3.63, 3.8) is 0 Å². The van der Waals surface area contributed by atoms with E-state index in [1.165, 1.54) is 0 Å². The summed E-state index contributed by atoms with van der Waals surface area (Å²) in [5, 5.41) is 3.36. The molecule has 0 fully saturated rings. The predicted molar refractivity (Wildman–Crippen MR) is 89.0 cm³/mol. The summed E-state index contributed by atoms with van der Waals surface area (Å²) in [7, 11) is -1.15. The molecule has 116 valence electrons. The van der Waals surface area contributed by atoms with Crippen LogP contribution in [-0.4, -0.2) is 16.6 Å². The SMILES string of the molecule is CS(=O)c1ccccc1COC(=O)Nc1cc(Cl)cc(Cl)c1. The van der Waals surface area contributed by atoms with Crippen molar-refractivity contribution < 1.29 is 13.7 Å². The number of rotatable bonds is 4. The summed E-state index contributed by atoms with van der Waals surface area (Å²) in [5.74, 6) is 0. The molecule has 4 nitrogen and oxygen atoms in total. The topological polar surface area (TPSA) is 55.4 Å². The van der Waals surface area contributed by atoms with E-state index >= 15 is 0 Å². The van der Waals surface area contributed by atoms with Gasteiger partial charge in [-0.25, -0.2) is 4.79 Å². The molecule has 1 N–H and O–H groups in total. The molecule has 2 aromatic rings. The second-order valence-electron chi connectivity index (χ2n) is 4.42. The maximum absolute atomic E-state index is 11.8. The van der Waals surface area contributed by atoms with E-state index in [-0.39, 0.29) is 6.61 Å². The van der Waals surface area contributed by atoms with Crippen molar-refractivity contribution in [3.8, 4) is 0 Å². The Labute approximate surface area is 140 Å². The first-order valence-electron chi connectivity index (χ1n) is 6.27. The average molecular weight is 358 g/mol. The molecule has 0 saturated heterocycles. The molecule has 0 spiro atoms.